The van der Waals surface area contributed by atoms with E-state index in [0.29, 0.717) is 0 Å². The molecule has 0 saturated carbocycles. The first-order chi connectivity index (χ1) is 10.2. The van der Waals surface area contributed by atoms with Crippen molar-refractivity contribution in [2.24, 2.45) is 5.92 Å². The molecular formula is C17H24N4. The molecule has 1 saturated heterocycles. The predicted molar refractivity (Wildman–Crippen MR) is 87.1 cm³/mol. The van der Waals surface area contributed by atoms with Crippen LogP contribution in [0.1, 0.15) is 24.6 Å². The molecule has 1 aromatic heterocycles. The third-order valence-electron chi connectivity index (χ3n) is 4.24. The van der Waals surface area contributed by atoms with Gasteiger partial charge in [-0.1, -0.05) is 25.1 Å². The number of benzene rings is 1. The minimum atomic E-state index is 0.756. The van der Waals surface area contributed by atoms with Gasteiger partial charge in [0.05, 0.1) is 11.4 Å². The summed E-state index contributed by atoms with van der Waals surface area (Å²) in [5.74, 6) is 2.02. The maximum Gasteiger partial charge on any atom is 0.137 e. The molecule has 1 atom stereocenters. The van der Waals surface area contributed by atoms with Crippen LogP contribution in [0.3, 0.4) is 0 Å². The highest BCUT2D eigenvalue weighted by Crippen LogP contribution is 2.31. The molecule has 0 spiro atoms. The normalized spacial score (nSPS) is 18.4. The number of aryl methyl sites for hydroxylation is 1. The molecule has 0 bridgehead atoms. The van der Waals surface area contributed by atoms with Crippen LogP contribution in [-0.4, -0.2) is 29.9 Å². The van der Waals surface area contributed by atoms with E-state index in [1.54, 1.807) is 0 Å². The molecule has 1 aliphatic rings. The van der Waals surface area contributed by atoms with E-state index in [4.69, 9.17) is 5.10 Å². The van der Waals surface area contributed by atoms with Crippen LogP contribution in [0, 0.1) is 12.8 Å². The molecule has 1 unspecified atom stereocenters. The lowest BCUT2D eigenvalue weighted by Gasteiger charge is -2.21. The minimum absolute atomic E-state index is 0.756. The summed E-state index contributed by atoms with van der Waals surface area (Å²) in [5.41, 5.74) is 3.57. The van der Waals surface area contributed by atoms with Gasteiger partial charge in [0.25, 0.3) is 0 Å². The van der Waals surface area contributed by atoms with Crippen LogP contribution in [-0.2, 0) is 6.54 Å². The summed E-state index contributed by atoms with van der Waals surface area (Å²) >= 11 is 0. The molecule has 1 aromatic carbocycles. The van der Waals surface area contributed by atoms with E-state index in [9.17, 15) is 0 Å². The molecular weight excluding hydrogens is 260 g/mol. The number of hydrogen-bond donors (Lipinski definition) is 1. The van der Waals surface area contributed by atoms with Gasteiger partial charge < -0.3 is 10.2 Å². The highest BCUT2D eigenvalue weighted by molar-refractivity contribution is 5.56. The Morgan fingerprint density at radius 2 is 2.05 bits per heavy atom. The minimum Gasteiger partial charge on any atom is -0.356 e. The van der Waals surface area contributed by atoms with Gasteiger partial charge in [-0.15, -0.1) is 0 Å². The van der Waals surface area contributed by atoms with Gasteiger partial charge in [0, 0.05) is 25.2 Å². The van der Waals surface area contributed by atoms with Crippen molar-refractivity contribution in [3.05, 3.63) is 41.6 Å². The van der Waals surface area contributed by atoms with Crippen LogP contribution < -0.4 is 10.2 Å². The molecule has 2 heterocycles. The molecule has 21 heavy (non-hydrogen) atoms. The Kier molecular flexibility index (Phi) is 3.97. The fourth-order valence-electron chi connectivity index (χ4n) is 3.13. The Morgan fingerprint density at radius 1 is 1.29 bits per heavy atom. The first-order valence-corrected chi connectivity index (χ1v) is 7.74. The number of rotatable bonds is 4. The molecule has 4 nitrogen and oxygen atoms in total. The van der Waals surface area contributed by atoms with Crippen molar-refractivity contribution >= 4 is 5.82 Å². The number of nitrogens with zero attached hydrogens (tertiary/aromatic N) is 3. The van der Waals surface area contributed by atoms with E-state index in [0.717, 1.165) is 36.9 Å². The average molecular weight is 284 g/mol. The van der Waals surface area contributed by atoms with E-state index in [2.05, 4.69) is 53.0 Å². The van der Waals surface area contributed by atoms with Gasteiger partial charge in [0.2, 0.25) is 0 Å². The lowest BCUT2D eigenvalue weighted by atomic mass is 10.2. The molecule has 0 amide bonds. The number of nitrogens with one attached hydrogen (secondary N) is 1. The summed E-state index contributed by atoms with van der Waals surface area (Å²) < 4.78 is 2.11. The Bertz CT molecular complexity index is 603. The summed E-state index contributed by atoms with van der Waals surface area (Å²) in [7, 11) is 2.00. The maximum absolute atomic E-state index is 4.80. The van der Waals surface area contributed by atoms with Gasteiger partial charge >= 0.3 is 0 Å². The number of para-hydroxylation sites is 1. The fourth-order valence-corrected chi connectivity index (χ4v) is 3.13. The van der Waals surface area contributed by atoms with Crippen LogP contribution in [0.4, 0.5) is 5.82 Å². The van der Waals surface area contributed by atoms with E-state index in [1.165, 1.54) is 17.8 Å². The molecule has 1 aliphatic heterocycles. The van der Waals surface area contributed by atoms with Crippen LogP contribution in [0.15, 0.2) is 30.3 Å². The lowest BCUT2D eigenvalue weighted by Crippen LogP contribution is -2.24. The van der Waals surface area contributed by atoms with E-state index in [1.807, 2.05) is 13.1 Å². The molecule has 1 N–H and O–H groups in total. The van der Waals surface area contributed by atoms with Gasteiger partial charge in [-0.25, -0.2) is 4.68 Å². The molecule has 1 fully saturated rings. The Balaban J connectivity index is 2.09. The van der Waals surface area contributed by atoms with E-state index < -0.39 is 0 Å². The van der Waals surface area contributed by atoms with Crippen molar-refractivity contribution in [2.75, 3.05) is 25.0 Å². The van der Waals surface area contributed by atoms with E-state index in [-0.39, 0.29) is 0 Å². The largest absolute Gasteiger partial charge is 0.356 e. The molecule has 0 radical (unpaired) electrons. The van der Waals surface area contributed by atoms with Crippen molar-refractivity contribution in [3.63, 3.8) is 0 Å². The predicted octanol–water partition coefficient (Wildman–Crippen LogP) is 2.75. The van der Waals surface area contributed by atoms with E-state index >= 15 is 0 Å². The highest BCUT2D eigenvalue weighted by atomic mass is 15.4. The summed E-state index contributed by atoms with van der Waals surface area (Å²) in [5, 5.41) is 8.09. The standard InChI is InChI=1S/C17H24N4/c1-13-9-10-20(12-13)17-16(11-18-3)14(2)19-21(17)15-7-5-4-6-8-15/h4-8,13,18H,9-12H2,1-3H3. The average Bonchev–Trinajstić information content (AvgIpc) is 3.05. The van der Waals surface area contributed by atoms with Gasteiger partial charge in [0.15, 0.2) is 0 Å². The second-order valence-corrected chi connectivity index (χ2v) is 6.01. The lowest BCUT2D eigenvalue weighted by molar-refractivity contribution is 0.657. The van der Waals surface area contributed by atoms with Crippen molar-refractivity contribution < 1.29 is 0 Å². The van der Waals surface area contributed by atoms with Crippen LogP contribution in [0.25, 0.3) is 5.69 Å². The Morgan fingerprint density at radius 3 is 2.67 bits per heavy atom. The zero-order valence-corrected chi connectivity index (χ0v) is 13.1. The SMILES string of the molecule is CNCc1c(C)nn(-c2ccccc2)c1N1CCC(C)C1. The fraction of sp³-hybridized carbons (Fsp3) is 0.471. The quantitative estimate of drug-likeness (QED) is 0.937. The molecule has 0 aliphatic carbocycles. The van der Waals surface area contributed by atoms with Gasteiger partial charge in [-0.2, -0.15) is 5.10 Å². The summed E-state index contributed by atoms with van der Waals surface area (Å²) in [6.45, 7) is 7.53. The van der Waals surface area contributed by atoms with Crippen molar-refractivity contribution in [2.45, 2.75) is 26.8 Å². The zero-order valence-electron chi connectivity index (χ0n) is 13.1. The van der Waals surface area contributed by atoms with Gasteiger partial charge in [-0.3, -0.25) is 0 Å². The van der Waals surface area contributed by atoms with Crippen molar-refractivity contribution in [3.8, 4) is 5.69 Å². The monoisotopic (exact) mass is 284 g/mol. The second-order valence-electron chi connectivity index (χ2n) is 6.01. The zero-order chi connectivity index (χ0) is 14.8. The second kappa shape index (κ2) is 5.90. The van der Waals surface area contributed by atoms with Crippen LogP contribution in [0.5, 0.6) is 0 Å². The van der Waals surface area contributed by atoms with Crippen LogP contribution in [0.2, 0.25) is 0 Å². The molecule has 2 aromatic rings. The van der Waals surface area contributed by atoms with Crippen LogP contribution >= 0.6 is 0 Å². The molecule has 4 heteroatoms. The topological polar surface area (TPSA) is 33.1 Å². The smallest absolute Gasteiger partial charge is 0.137 e. The summed E-state index contributed by atoms with van der Waals surface area (Å²) in [4.78, 5) is 2.49. The highest BCUT2D eigenvalue weighted by Gasteiger charge is 2.26. The number of aromatic nitrogens is 2. The number of hydrogen-bond acceptors (Lipinski definition) is 3. The molecule has 3 rings (SSSR count). The maximum atomic E-state index is 4.80. The third kappa shape index (κ3) is 2.68. The summed E-state index contributed by atoms with van der Waals surface area (Å²) in [6, 6.07) is 10.4. The third-order valence-corrected chi connectivity index (χ3v) is 4.24. The summed E-state index contributed by atoms with van der Waals surface area (Å²) in [6.07, 6.45) is 1.26. The molecule has 112 valence electrons. The number of anilines is 1. The Labute approximate surface area is 126 Å². The van der Waals surface area contributed by atoms with Crippen molar-refractivity contribution in [1.82, 2.24) is 15.1 Å². The Hall–Kier alpha value is -1.81. The van der Waals surface area contributed by atoms with Gasteiger partial charge in [0.1, 0.15) is 5.82 Å². The van der Waals surface area contributed by atoms with Gasteiger partial charge in [-0.05, 0) is 38.4 Å². The first kappa shape index (κ1) is 14.1. The van der Waals surface area contributed by atoms with Crippen molar-refractivity contribution in [1.29, 1.82) is 0 Å². The first-order valence-electron chi connectivity index (χ1n) is 7.74.